The topological polar surface area (TPSA) is 103 Å². The van der Waals surface area contributed by atoms with E-state index < -0.39 is 40.4 Å². The van der Waals surface area contributed by atoms with E-state index >= 15 is 0 Å². The summed E-state index contributed by atoms with van der Waals surface area (Å²) in [6.07, 6.45) is -6.52. The minimum absolute atomic E-state index is 0.0694. The molecule has 134 valence electrons. The predicted octanol–water partition coefficient (Wildman–Crippen LogP) is 3.05. The third-order valence-corrected chi connectivity index (χ3v) is 4.60. The number of ether oxygens (including phenoxy) is 1. The van der Waals surface area contributed by atoms with E-state index in [4.69, 9.17) is 5.73 Å². The van der Waals surface area contributed by atoms with E-state index in [1.54, 1.807) is 0 Å². The molecule has 1 aromatic carbocycles. The van der Waals surface area contributed by atoms with E-state index in [0.717, 1.165) is 5.51 Å². The molecule has 0 amide bonds. The normalized spacial score (nSPS) is 14.0. The Morgan fingerprint density at radius 2 is 2.12 bits per heavy atom. The number of aromatic hydroxyl groups is 1. The van der Waals surface area contributed by atoms with Gasteiger partial charge in [0.1, 0.15) is 11.7 Å². The second-order valence-electron chi connectivity index (χ2n) is 4.76. The van der Waals surface area contributed by atoms with Gasteiger partial charge >= 0.3 is 6.18 Å². The van der Waals surface area contributed by atoms with Crippen LogP contribution in [0, 0.1) is 0 Å². The third kappa shape index (κ3) is 4.17. The first-order valence-electron chi connectivity index (χ1n) is 6.54. The Bertz CT molecular complexity index is 797. The summed E-state index contributed by atoms with van der Waals surface area (Å²) >= 11 is 3.66. The van der Waals surface area contributed by atoms with Crippen molar-refractivity contribution in [1.29, 1.82) is 0 Å². The van der Waals surface area contributed by atoms with Gasteiger partial charge < -0.3 is 9.84 Å². The molecule has 0 radical (unpaired) electrons. The minimum atomic E-state index is -4.83. The number of ketones is 1. The molecule has 3 N–H and O–H groups in total. The zero-order chi connectivity index (χ0) is 18.8. The Morgan fingerprint density at radius 3 is 2.72 bits per heavy atom. The molecule has 6 nitrogen and oxygen atoms in total. The van der Waals surface area contributed by atoms with Crippen LogP contribution in [0.25, 0.3) is 0 Å². The fraction of sp³-hybridized carbons (Fsp3) is 0.214. The number of carbonyl (C=O) groups excluding carboxylic acids is 2. The number of benzene rings is 1. The van der Waals surface area contributed by atoms with Crippen LogP contribution in [0.2, 0.25) is 0 Å². The molecule has 0 fully saturated rings. The molecular formula is C14H10BrF3N2O4S. The average molecular weight is 439 g/mol. The number of rotatable bonds is 6. The maximum absolute atomic E-state index is 13.1. The van der Waals surface area contributed by atoms with Crippen LogP contribution in [-0.2, 0) is 15.7 Å². The highest BCUT2D eigenvalue weighted by Gasteiger charge is 2.43. The van der Waals surface area contributed by atoms with E-state index in [1.807, 2.05) is 0 Å². The van der Waals surface area contributed by atoms with Gasteiger partial charge in [0.15, 0.2) is 17.7 Å². The zero-order valence-corrected chi connectivity index (χ0v) is 14.6. The summed E-state index contributed by atoms with van der Waals surface area (Å²) in [6.45, 7) is -0.0694. The van der Waals surface area contributed by atoms with Crippen molar-refractivity contribution in [3.05, 3.63) is 44.3 Å². The maximum atomic E-state index is 13.1. The Balaban J connectivity index is 2.58. The number of halogens is 4. The van der Waals surface area contributed by atoms with Crippen molar-refractivity contribution in [3.63, 3.8) is 0 Å². The van der Waals surface area contributed by atoms with Gasteiger partial charge in [0, 0.05) is 4.47 Å². The molecule has 0 aliphatic carbocycles. The van der Waals surface area contributed by atoms with Crippen LogP contribution < -0.4 is 5.73 Å². The number of thiazole rings is 1. The summed E-state index contributed by atoms with van der Waals surface area (Å²) in [6, 6.07) is 3.86. The Hall–Kier alpha value is -1.98. The smallest absolute Gasteiger partial charge is 0.434 e. The number of alkyl halides is 3. The highest BCUT2D eigenvalue weighted by atomic mass is 79.9. The van der Waals surface area contributed by atoms with Crippen LogP contribution in [0.3, 0.4) is 0 Å². The summed E-state index contributed by atoms with van der Waals surface area (Å²) in [5, 5.41) is 9.87. The predicted molar refractivity (Wildman–Crippen MR) is 85.1 cm³/mol. The molecule has 2 aromatic rings. The number of phenolic OH excluding ortho intramolecular Hbond substituents is 1. The molecule has 11 heteroatoms. The molecule has 0 saturated carbocycles. The van der Waals surface area contributed by atoms with Crippen molar-refractivity contribution in [3.8, 4) is 5.75 Å². The van der Waals surface area contributed by atoms with E-state index in [0.29, 0.717) is 15.8 Å². The standard InChI is InChI=1S/C14H10BrF3N2O4S/c15-6-1-2-8(22)7(3-6)10(23)9(13(19)24-5-21)11-12(14(16,17)18)20-4-25-11/h1-5,9,13,22H,19H2. The Kier molecular flexibility index (Phi) is 5.80. The number of aromatic nitrogens is 1. The molecular weight excluding hydrogens is 429 g/mol. The van der Waals surface area contributed by atoms with Crippen LogP contribution in [0.4, 0.5) is 13.2 Å². The van der Waals surface area contributed by atoms with Gasteiger partial charge in [-0.25, -0.2) is 4.98 Å². The molecule has 0 aliphatic heterocycles. The number of hydrogen-bond acceptors (Lipinski definition) is 7. The quantitative estimate of drug-likeness (QED) is 0.408. The second kappa shape index (κ2) is 7.50. The number of Topliss-reactive ketones (excluding diaryl/α,β-unsaturated/α-hetero) is 1. The van der Waals surface area contributed by atoms with Gasteiger partial charge in [-0.1, -0.05) is 15.9 Å². The number of phenols is 1. The van der Waals surface area contributed by atoms with Gasteiger partial charge in [-0.2, -0.15) is 13.2 Å². The van der Waals surface area contributed by atoms with Gasteiger partial charge in [-0.3, -0.25) is 15.3 Å². The highest BCUT2D eigenvalue weighted by molar-refractivity contribution is 9.10. The molecule has 0 aliphatic rings. The van der Waals surface area contributed by atoms with Crippen molar-refractivity contribution in [2.75, 3.05) is 0 Å². The van der Waals surface area contributed by atoms with Crippen LogP contribution in [0.15, 0.2) is 28.2 Å². The maximum Gasteiger partial charge on any atom is 0.434 e. The van der Waals surface area contributed by atoms with Gasteiger partial charge in [-0.15, -0.1) is 11.3 Å². The summed E-state index contributed by atoms with van der Waals surface area (Å²) in [5.41, 5.74) is 4.94. The number of nitrogens with zero attached hydrogens (tertiary/aromatic N) is 1. The van der Waals surface area contributed by atoms with Crippen LogP contribution in [-0.4, -0.2) is 28.6 Å². The van der Waals surface area contributed by atoms with Gasteiger partial charge in [0.2, 0.25) is 0 Å². The van der Waals surface area contributed by atoms with E-state index in [9.17, 15) is 27.9 Å². The van der Waals surface area contributed by atoms with Gasteiger partial charge in [0.05, 0.1) is 16.0 Å². The summed E-state index contributed by atoms with van der Waals surface area (Å²) in [7, 11) is 0. The SMILES string of the molecule is NC(OC=O)C(C(=O)c1cc(Br)ccc1O)c1scnc1C(F)(F)F. The molecule has 2 unspecified atom stereocenters. The lowest BCUT2D eigenvalue weighted by atomic mass is 9.93. The van der Waals surface area contributed by atoms with Crippen molar-refractivity contribution >= 4 is 39.5 Å². The number of carbonyl (C=O) groups is 2. The highest BCUT2D eigenvalue weighted by Crippen LogP contribution is 2.40. The average Bonchev–Trinajstić information content (AvgIpc) is 2.99. The first-order chi connectivity index (χ1) is 11.7. The van der Waals surface area contributed by atoms with Crippen LogP contribution in [0.5, 0.6) is 5.75 Å². The fourth-order valence-corrected chi connectivity index (χ4v) is 3.42. The Morgan fingerprint density at radius 1 is 1.44 bits per heavy atom. The fourth-order valence-electron chi connectivity index (χ4n) is 2.12. The monoisotopic (exact) mass is 438 g/mol. The molecule has 25 heavy (non-hydrogen) atoms. The lowest BCUT2D eigenvalue weighted by molar-refractivity contribution is -0.141. The van der Waals surface area contributed by atoms with Crippen molar-refractivity contribution in [2.24, 2.45) is 5.73 Å². The number of nitrogens with two attached hydrogens (primary N) is 1. The molecule has 0 saturated heterocycles. The van der Waals surface area contributed by atoms with Crippen LogP contribution >= 0.6 is 27.3 Å². The van der Waals surface area contributed by atoms with E-state index in [2.05, 4.69) is 25.7 Å². The van der Waals surface area contributed by atoms with Gasteiger partial charge in [0.25, 0.3) is 6.47 Å². The summed E-state index contributed by atoms with van der Waals surface area (Å²) in [5.74, 6) is -3.08. The second-order valence-corrected chi connectivity index (χ2v) is 6.57. The first-order valence-corrected chi connectivity index (χ1v) is 8.22. The zero-order valence-electron chi connectivity index (χ0n) is 12.2. The minimum Gasteiger partial charge on any atom is -0.507 e. The van der Waals surface area contributed by atoms with E-state index in [-0.39, 0.29) is 12.0 Å². The van der Waals surface area contributed by atoms with Crippen molar-refractivity contribution in [2.45, 2.75) is 18.3 Å². The van der Waals surface area contributed by atoms with E-state index in [1.165, 1.54) is 18.2 Å². The lowest BCUT2D eigenvalue weighted by Gasteiger charge is -2.22. The van der Waals surface area contributed by atoms with Crippen molar-refractivity contribution in [1.82, 2.24) is 4.98 Å². The first kappa shape index (κ1) is 19.3. The molecule has 1 aromatic heterocycles. The molecule has 2 atom stereocenters. The summed E-state index contributed by atoms with van der Waals surface area (Å²) in [4.78, 5) is 26.0. The van der Waals surface area contributed by atoms with Gasteiger partial charge in [-0.05, 0) is 18.2 Å². The van der Waals surface area contributed by atoms with Crippen LogP contribution in [0.1, 0.15) is 26.8 Å². The molecule has 2 rings (SSSR count). The molecule has 1 heterocycles. The van der Waals surface area contributed by atoms with Crippen molar-refractivity contribution < 1.29 is 32.6 Å². The summed E-state index contributed by atoms with van der Waals surface area (Å²) < 4.78 is 44.3. The number of hydrogen-bond donors (Lipinski definition) is 2. The largest absolute Gasteiger partial charge is 0.507 e. The molecule has 0 spiro atoms. The molecule has 0 bridgehead atoms. The lowest BCUT2D eigenvalue weighted by Crippen LogP contribution is -2.36. The third-order valence-electron chi connectivity index (χ3n) is 3.19. The Labute approximate surface area is 151 Å².